The van der Waals surface area contributed by atoms with Gasteiger partial charge in [0.15, 0.2) is 0 Å². The van der Waals surface area contributed by atoms with Gasteiger partial charge in [0.25, 0.3) is 5.91 Å². The number of hydrogen-bond acceptors (Lipinski definition) is 3. The fourth-order valence-electron chi connectivity index (χ4n) is 2.08. The zero-order chi connectivity index (χ0) is 15.9. The molecular weight excluding hydrogens is 274 g/mol. The van der Waals surface area contributed by atoms with Crippen LogP contribution in [0, 0.1) is 13.8 Å². The maximum Gasteiger partial charge on any atom is 0.255 e. The van der Waals surface area contributed by atoms with E-state index >= 15 is 0 Å². The molecule has 0 saturated carbocycles. The predicted molar refractivity (Wildman–Crippen MR) is 90.7 cm³/mol. The van der Waals surface area contributed by atoms with E-state index in [0.29, 0.717) is 17.9 Å². The topological polar surface area (TPSA) is 54.0 Å². The summed E-state index contributed by atoms with van der Waals surface area (Å²) < 4.78 is 0. The summed E-state index contributed by atoms with van der Waals surface area (Å²) in [7, 11) is 0. The van der Waals surface area contributed by atoms with Crippen molar-refractivity contribution in [2.24, 2.45) is 0 Å². The SMILES string of the molecule is CCCCNC(=O)c1ccc(C)nc1Nc1ccc(C)cc1. The molecule has 2 N–H and O–H groups in total. The summed E-state index contributed by atoms with van der Waals surface area (Å²) in [6, 6.07) is 11.7. The summed E-state index contributed by atoms with van der Waals surface area (Å²) in [5, 5.41) is 6.18. The van der Waals surface area contributed by atoms with Crippen molar-refractivity contribution in [1.82, 2.24) is 10.3 Å². The number of anilines is 2. The van der Waals surface area contributed by atoms with Crippen LogP contribution in [0.2, 0.25) is 0 Å². The molecule has 1 aromatic carbocycles. The molecule has 1 heterocycles. The van der Waals surface area contributed by atoms with Gasteiger partial charge in [-0.05, 0) is 44.5 Å². The largest absolute Gasteiger partial charge is 0.352 e. The van der Waals surface area contributed by atoms with Crippen LogP contribution in [0.15, 0.2) is 36.4 Å². The Kier molecular flexibility index (Phi) is 5.53. The highest BCUT2D eigenvalue weighted by Crippen LogP contribution is 2.20. The van der Waals surface area contributed by atoms with Gasteiger partial charge in [-0.15, -0.1) is 0 Å². The first-order valence-electron chi connectivity index (χ1n) is 7.69. The van der Waals surface area contributed by atoms with E-state index in [1.54, 1.807) is 0 Å². The quantitative estimate of drug-likeness (QED) is 0.793. The average molecular weight is 297 g/mol. The second-order valence-electron chi connectivity index (χ2n) is 5.45. The van der Waals surface area contributed by atoms with Gasteiger partial charge < -0.3 is 10.6 Å². The summed E-state index contributed by atoms with van der Waals surface area (Å²) in [5.74, 6) is 0.508. The Morgan fingerprint density at radius 1 is 1.09 bits per heavy atom. The predicted octanol–water partition coefficient (Wildman–Crippen LogP) is 3.97. The minimum absolute atomic E-state index is 0.0874. The van der Waals surface area contributed by atoms with E-state index in [2.05, 4.69) is 22.5 Å². The van der Waals surface area contributed by atoms with Gasteiger partial charge in [-0.3, -0.25) is 4.79 Å². The number of rotatable bonds is 6. The van der Waals surface area contributed by atoms with Crippen molar-refractivity contribution in [3.05, 3.63) is 53.2 Å². The normalized spacial score (nSPS) is 10.3. The van der Waals surface area contributed by atoms with Crippen LogP contribution < -0.4 is 10.6 Å². The number of aryl methyl sites for hydroxylation is 2. The number of nitrogens with one attached hydrogen (secondary N) is 2. The molecular formula is C18H23N3O. The van der Waals surface area contributed by atoms with Crippen molar-refractivity contribution >= 4 is 17.4 Å². The van der Waals surface area contributed by atoms with Crippen LogP contribution in [0.4, 0.5) is 11.5 Å². The molecule has 4 nitrogen and oxygen atoms in total. The number of unbranched alkanes of at least 4 members (excludes halogenated alkanes) is 1. The minimum atomic E-state index is -0.0874. The smallest absolute Gasteiger partial charge is 0.255 e. The van der Waals surface area contributed by atoms with Crippen molar-refractivity contribution in [1.29, 1.82) is 0 Å². The molecule has 0 aliphatic heterocycles. The molecule has 22 heavy (non-hydrogen) atoms. The summed E-state index contributed by atoms with van der Waals surface area (Å²) in [6.45, 7) is 6.75. The van der Waals surface area contributed by atoms with E-state index in [0.717, 1.165) is 24.2 Å². The Hall–Kier alpha value is -2.36. The van der Waals surface area contributed by atoms with Gasteiger partial charge in [-0.1, -0.05) is 31.0 Å². The zero-order valence-electron chi connectivity index (χ0n) is 13.4. The van der Waals surface area contributed by atoms with Gasteiger partial charge in [-0.2, -0.15) is 0 Å². The maximum absolute atomic E-state index is 12.3. The van der Waals surface area contributed by atoms with E-state index < -0.39 is 0 Å². The lowest BCUT2D eigenvalue weighted by Gasteiger charge is -2.12. The maximum atomic E-state index is 12.3. The number of pyridine rings is 1. The highest BCUT2D eigenvalue weighted by Gasteiger charge is 2.12. The number of aromatic nitrogens is 1. The summed E-state index contributed by atoms with van der Waals surface area (Å²) in [6.07, 6.45) is 2.03. The minimum Gasteiger partial charge on any atom is -0.352 e. The highest BCUT2D eigenvalue weighted by molar-refractivity contribution is 5.99. The molecule has 4 heteroatoms. The third-order valence-corrected chi connectivity index (χ3v) is 3.41. The molecule has 0 bridgehead atoms. The fourth-order valence-corrected chi connectivity index (χ4v) is 2.08. The molecule has 0 atom stereocenters. The summed E-state index contributed by atoms with van der Waals surface area (Å²) in [4.78, 5) is 16.8. The second-order valence-corrected chi connectivity index (χ2v) is 5.45. The van der Waals surface area contributed by atoms with Crippen LogP contribution in [-0.4, -0.2) is 17.4 Å². The van der Waals surface area contributed by atoms with Crippen LogP contribution in [0.5, 0.6) is 0 Å². The number of carbonyl (C=O) groups excluding carboxylic acids is 1. The lowest BCUT2D eigenvalue weighted by atomic mass is 10.2. The summed E-state index contributed by atoms with van der Waals surface area (Å²) >= 11 is 0. The Morgan fingerprint density at radius 2 is 1.82 bits per heavy atom. The first-order chi connectivity index (χ1) is 10.6. The third-order valence-electron chi connectivity index (χ3n) is 3.41. The Labute approximate surface area is 132 Å². The lowest BCUT2D eigenvalue weighted by Crippen LogP contribution is -2.25. The Balaban J connectivity index is 2.20. The van der Waals surface area contributed by atoms with E-state index in [9.17, 15) is 4.79 Å². The van der Waals surface area contributed by atoms with Crippen molar-refractivity contribution in [3.8, 4) is 0 Å². The standard InChI is InChI=1S/C18H23N3O/c1-4-5-12-19-18(22)16-11-8-14(3)20-17(16)21-15-9-6-13(2)7-10-15/h6-11H,4-5,12H2,1-3H3,(H,19,22)(H,20,21). The molecule has 0 aliphatic rings. The number of benzene rings is 1. The molecule has 0 saturated heterocycles. The van der Waals surface area contributed by atoms with Crippen LogP contribution in [0.1, 0.15) is 41.4 Å². The number of nitrogens with zero attached hydrogens (tertiary/aromatic N) is 1. The first kappa shape index (κ1) is 16.0. The van der Waals surface area contributed by atoms with E-state index in [-0.39, 0.29) is 5.91 Å². The van der Waals surface area contributed by atoms with Gasteiger partial charge in [0.05, 0.1) is 5.56 Å². The summed E-state index contributed by atoms with van der Waals surface area (Å²) in [5.41, 5.74) is 3.56. The molecule has 2 aromatic rings. The number of amides is 1. The van der Waals surface area contributed by atoms with Crippen LogP contribution in [-0.2, 0) is 0 Å². The molecule has 1 amide bonds. The van der Waals surface area contributed by atoms with Crippen molar-refractivity contribution in [3.63, 3.8) is 0 Å². The van der Waals surface area contributed by atoms with E-state index in [1.807, 2.05) is 50.2 Å². The average Bonchev–Trinajstić information content (AvgIpc) is 2.50. The van der Waals surface area contributed by atoms with Crippen molar-refractivity contribution in [2.75, 3.05) is 11.9 Å². The van der Waals surface area contributed by atoms with Crippen LogP contribution >= 0.6 is 0 Å². The van der Waals surface area contributed by atoms with E-state index in [4.69, 9.17) is 0 Å². The van der Waals surface area contributed by atoms with Crippen LogP contribution in [0.25, 0.3) is 0 Å². The Bertz CT molecular complexity index is 635. The highest BCUT2D eigenvalue weighted by atomic mass is 16.1. The monoisotopic (exact) mass is 297 g/mol. The van der Waals surface area contributed by atoms with Gasteiger partial charge in [0, 0.05) is 17.9 Å². The fraction of sp³-hybridized carbons (Fsp3) is 0.333. The van der Waals surface area contributed by atoms with Gasteiger partial charge in [0.1, 0.15) is 5.82 Å². The number of hydrogen-bond donors (Lipinski definition) is 2. The van der Waals surface area contributed by atoms with Crippen LogP contribution in [0.3, 0.4) is 0 Å². The zero-order valence-corrected chi connectivity index (χ0v) is 13.4. The van der Waals surface area contributed by atoms with Crippen molar-refractivity contribution in [2.45, 2.75) is 33.6 Å². The molecule has 0 unspecified atom stereocenters. The molecule has 0 fully saturated rings. The third kappa shape index (κ3) is 4.32. The molecule has 0 spiro atoms. The molecule has 0 radical (unpaired) electrons. The van der Waals surface area contributed by atoms with Gasteiger partial charge >= 0.3 is 0 Å². The first-order valence-corrected chi connectivity index (χ1v) is 7.69. The van der Waals surface area contributed by atoms with E-state index in [1.165, 1.54) is 5.56 Å². The van der Waals surface area contributed by atoms with Crippen molar-refractivity contribution < 1.29 is 4.79 Å². The molecule has 1 aromatic heterocycles. The molecule has 2 rings (SSSR count). The number of carbonyl (C=O) groups is 1. The van der Waals surface area contributed by atoms with Gasteiger partial charge in [-0.25, -0.2) is 4.98 Å². The Morgan fingerprint density at radius 3 is 2.50 bits per heavy atom. The molecule has 116 valence electrons. The lowest BCUT2D eigenvalue weighted by molar-refractivity contribution is 0.0953. The second kappa shape index (κ2) is 7.59. The molecule has 0 aliphatic carbocycles. The van der Waals surface area contributed by atoms with Gasteiger partial charge in [0.2, 0.25) is 0 Å².